The standard InChI is InChI=1S/C10H18O/c1-7-4-5-9-8(7)6-11-10(9,2)3/h7-9H,4-6H2,1-3H3/t7-,8+,9+/m0/s1. The third-order valence-electron chi connectivity index (χ3n) is 3.72. The van der Waals surface area contributed by atoms with Crippen molar-refractivity contribution < 1.29 is 4.74 Å². The monoisotopic (exact) mass is 154 g/mol. The van der Waals surface area contributed by atoms with Gasteiger partial charge in [-0.25, -0.2) is 0 Å². The maximum absolute atomic E-state index is 5.78. The van der Waals surface area contributed by atoms with Gasteiger partial charge < -0.3 is 4.74 Å². The fraction of sp³-hybridized carbons (Fsp3) is 1.00. The summed E-state index contributed by atoms with van der Waals surface area (Å²) in [6, 6.07) is 0. The van der Waals surface area contributed by atoms with E-state index in [4.69, 9.17) is 4.74 Å². The molecule has 1 nitrogen and oxygen atoms in total. The summed E-state index contributed by atoms with van der Waals surface area (Å²) in [5.41, 5.74) is 0.176. The molecule has 2 rings (SSSR count). The van der Waals surface area contributed by atoms with Gasteiger partial charge >= 0.3 is 0 Å². The Hall–Kier alpha value is -0.0400. The summed E-state index contributed by atoms with van der Waals surface area (Å²) in [6.07, 6.45) is 2.81. The molecule has 2 aliphatic rings. The third kappa shape index (κ3) is 1.01. The van der Waals surface area contributed by atoms with Gasteiger partial charge in [-0.2, -0.15) is 0 Å². The molecule has 11 heavy (non-hydrogen) atoms. The van der Waals surface area contributed by atoms with E-state index in [1.54, 1.807) is 0 Å². The van der Waals surface area contributed by atoms with Crippen molar-refractivity contribution in [2.45, 2.75) is 39.2 Å². The predicted molar refractivity (Wildman–Crippen MR) is 45.4 cm³/mol. The van der Waals surface area contributed by atoms with E-state index in [1.807, 2.05) is 0 Å². The van der Waals surface area contributed by atoms with Gasteiger partial charge in [0, 0.05) is 0 Å². The van der Waals surface area contributed by atoms with Gasteiger partial charge in [-0.3, -0.25) is 0 Å². The Labute approximate surface area is 69.1 Å². The summed E-state index contributed by atoms with van der Waals surface area (Å²) >= 11 is 0. The molecule has 1 saturated heterocycles. The molecule has 0 amide bonds. The maximum atomic E-state index is 5.78. The van der Waals surface area contributed by atoms with E-state index < -0.39 is 0 Å². The molecule has 0 radical (unpaired) electrons. The largest absolute Gasteiger partial charge is 0.375 e. The van der Waals surface area contributed by atoms with Gasteiger partial charge in [0.15, 0.2) is 0 Å². The molecular formula is C10H18O. The van der Waals surface area contributed by atoms with Crippen molar-refractivity contribution in [3.63, 3.8) is 0 Å². The van der Waals surface area contributed by atoms with Crippen LogP contribution in [0.5, 0.6) is 0 Å². The molecule has 0 spiro atoms. The lowest BCUT2D eigenvalue weighted by molar-refractivity contribution is 0.00782. The second-order valence-corrected chi connectivity index (χ2v) is 4.74. The molecule has 0 aromatic heterocycles. The predicted octanol–water partition coefficient (Wildman–Crippen LogP) is 2.46. The van der Waals surface area contributed by atoms with Crippen molar-refractivity contribution in [2.75, 3.05) is 6.61 Å². The van der Waals surface area contributed by atoms with Crippen LogP contribution in [0.4, 0.5) is 0 Å². The topological polar surface area (TPSA) is 9.23 Å². The SMILES string of the molecule is C[C@H]1CC[C@@H]2[C@@H]1COC2(C)C. The van der Waals surface area contributed by atoms with E-state index in [0.717, 1.165) is 24.4 Å². The Morgan fingerprint density at radius 3 is 2.64 bits per heavy atom. The first kappa shape index (κ1) is 7.60. The van der Waals surface area contributed by atoms with E-state index in [9.17, 15) is 0 Å². The van der Waals surface area contributed by atoms with Gasteiger partial charge in [0.1, 0.15) is 0 Å². The van der Waals surface area contributed by atoms with Gasteiger partial charge in [-0.1, -0.05) is 6.92 Å². The average molecular weight is 154 g/mol. The van der Waals surface area contributed by atoms with Crippen LogP contribution in [0.3, 0.4) is 0 Å². The maximum Gasteiger partial charge on any atom is 0.0658 e. The van der Waals surface area contributed by atoms with E-state index in [2.05, 4.69) is 20.8 Å². The van der Waals surface area contributed by atoms with Crippen LogP contribution in [0, 0.1) is 17.8 Å². The fourth-order valence-corrected chi connectivity index (χ4v) is 2.83. The summed E-state index contributed by atoms with van der Waals surface area (Å²) in [4.78, 5) is 0. The summed E-state index contributed by atoms with van der Waals surface area (Å²) in [5.74, 6) is 2.62. The summed E-state index contributed by atoms with van der Waals surface area (Å²) in [5, 5.41) is 0. The quantitative estimate of drug-likeness (QED) is 0.521. The summed E-state index contributed by atoms with van der Waals surface area (Å²) in [7, 11) is 0. The van der Waals surface area contributed by atoms with Crippen LogP contribution in [0.25, 0.3) is 0 Å². The third-order valence-corrected chi connectivity index (χ3v) is 3.72. The van der Waals surface area contributed by atoms with Crippen molar-refractivity contribution in [1.29, 1.82) is 0 Å². The van der Waals surface area contributed by atoms with E-state index in [1.165, 1.54) is 12.8 Å². The number of fused-ring (bicyclic) bond motifs is 1. The van der Waals surface area contributed by atoms with Crippen molar-refractivity contribution in [2.24, 2.45) is 17.8 Å². The lowest BCUT2D eigenvalue weighted by Crippen LogP contribution is -2.27. The summed E-state index contributed by atoms with van der Waals surface area (Å²) < 4.78 is 5.78. The molecule has 1 heterocycles. The second-order valence-electron chi connectivity index (χ2n) is 4.74. The Bertz CT molecular complexity index is 162. The minimum atomic E-state index is 0.176. The molecule has 0 N–H and O–H groups in total. The Morgan fingerprint density at radius 2 is 2.00 bits per heavy atom. The zero-order chi connectivity index (χ0) is 8.06. The molecule has 2 fully saturated rings. The van der Waals surface area contributed by atoms with Crippen LogP contribution in [0.15, 0.2) is 0 Å². The molecule has 0 aromatic rings. The lowest BCUT2D eigenvalue weighted by Gasteiger charge is -2.24. The van der Waals surface area contributed by atoms with Gasteiger partial charge in [-0.05, 0) is 44.4 Å². The smallest absolute Gasteiger partial charge is 0.0658 e. The van der Waals surface area contributed by atoms with Crippen LogP contribution >= 0.6 is 0 Å². The van der Waals surface area contributed by atoms with Crippen LogP contribution in [-0.2, 0) is 4.74 Å². The van der Waals surface area contributed by atoms with Crippen LogP contribution in [-0.4, -0.2) is 12.2 Å². The van der Waals surface area contributed by atoms with Crippen molar-refractivity contribution in [1.82, 2.24) is 0 Å². The molecule has 64 valence electrons. The molecule has 0 bridgehead atoms. The molecule has 3 atom stereocenters. The average Bonchev–Trinajstić information content (AvgIpc) is 2.39. The van der Waals surface area contributed by atoms with Crippen molar-refractivity contribution in [3.05, 3.63) is 0 Å². The van der Waals surface area contributed by atoms with Gasteiger partial charge in [-0.15, -0.1) is 0 Å². The normalized spacial score (nSPS) is 47.7. The molecule has 0 unspecified atom stereocenters. The zero-order valence-electron chi connectivity index (χ0n) is 7.76. The van der Waals surface area contributed by atoms with E-state index in [-0.39, 0.29) is 5.60 Å². The number of hydrogen-bond acceptors (Lipinski definition) is 1. The lowest BCUT2D eigenvalue weighted by atomic mass is 9.84. The second kappa shape index (κ2) is 2.22. The number of hydrogen-bond donors (Lipinski definition) is 0. The first-order valence-electron chi connectivity index (χ1n) is 4.75. The van der Waals surface area contributed by atoms with Crippen LogP contribution < -0.4 is 0 Å². The minimum Gasteiger partial charge on any atom is -0.375 e. The molecular weight excluding hydrogens is 136 g/mol. The number of rotatable bonds is 0. The van der Waals surface area contributed by atoms with Crippen molar-refractivity contribution in [3.8, 4) is 0 Å². The Balaban J connectivity index is 2.17. The highest BCUT2D eigenvalue weighted by atomic mass is 16.5. The fourth-order valence-electron chi connectivity index (χ4n) is 2.83. The highest BCUT2D eigenvalue weighted by Gasteiger charge is 2.48. The molecule has 1 saturated carbocycles. The first-order chi connectivity index (χ1) is 5.11. The highest BCUT2D eigenvalue weighted by molar-refractivity contribution is 4.96. The van der Waals surface area contributed by atoms with Crippen LogP contribution in [0.1, 0.15) is 33.6 Å². The Morgan fingerprint density at radius 1 is 1.27 bits per heavy atom. The van der Waals surface area contributed by atoms with Crippen LogP contribution in [0.2, 0.25) is 0 Å². The molecule has 0 aromatic carbocycles. The molecule has 1 aliphatic heterocycles. The van der Waals surface area contributed by atoms with Gasteiger partial charge in [0.05, 0.1) is 12.2 Å². The zero-order valence-corrected chi connectivity index (χ0v) is 7.76. The summed E-state index contributed by atoms with van der Waals surface area (Å²) in [6.45, 7) is 7.87. The van der Waals surface area contributed by atoms with E-state index >= 15 is 0 Å². The highest BCUT2D eigenvalue weighted by Crippen LogP contribution is 2.48. The number of ether oxygens (including phenoxy) is 1. The van der Waals surface area contributed by atoms with Gasteiger partial charge in [0.2, 0.25) is 0 Å². The molecule has 1 heteroatoms. The molecule has 1 aliphatic carbocycles. The van der Waals surface area contributed by atoms with Crippen molar-refractivity contribution >= 4 is 0 Å². The Kier molecular flexibility index (Phi) is 1.54. The van der Waals surface area contributed by atoms with E-state index in [0.29, 0.717) is 0 Å². The first-order valence-corrected chi connectivity index (χ1v) is 4.75. The van der Waals surface area contributed by atoms with Gasteiger partial charge in [0.25, 0.3) is 0 Å². The minimum absolute atomic E-state index is 0.176.